The van der Waals surface area contributed by atoms with Crippen LogP contribution in [0.15, 0.2) is 36.5 Å². The zero-order valence-electron chi connectivity index (χ0n) is 13.5. The molecule has 2 aromatic rings. The Morgan fingerprint density at radius 1 is 1.26 bits per heavy atom. The van der Waals surface area contributed by atoms with Crippen molar-refractivity contribution in [2.45, 2.75) is 19.8 Å². The lowest BCUT2D eigenvalue weighted by Crippen LogP contribution is -2.37. The third-order valence-electron chi connectivity index (χ3n) is 4.43. The quantitative estimate of drug-likeness (QED) is 0.923. The molecule has 1 amide bonds. The molecule has 1 aliphatic rings. The van der Waals surface area contributed by atoms with Gasteiger partial charge in [-0.1, -0.05) is 12.1 Å². The lowest BCUT2D eigenvalue weighted by atomic mass is 9.99. The average Bonchev–Trinajstić information content (AvgIpc) is 3.15. The maximum absolute atomic E-state index is 12.7. The predicted octanol–water partition coefficient (Wildman–Crippen LogP) is 2.97. The number of H-pyrrole nitrogens is 1. The highest BCUT2D eigenvalue weighted by Crippen LogP contribution is 2.20. The molecule has 1 aliphatic heterocycles. The van der Waals surface area contributed by atoms with Crippen molar-refractivity contribution in [3.63, 3.8) is 0 Å². The highest BCUT2D eigenvalue weighted by Gasteiger charge is 2.21. The number of hydrogen-bond donors (Lipinski definition) is 1. The van der Waals surface area contributed by atoms with Crippen LogP contribution in [0.25, 0.3) is 11.3 Å². The van der Waals surface area contributed by atoms with E-state index in [1.165, 1.54) is 0 Å². The predicted molar refractivity (Wildman–Crippen MR) is 89.1 cm³/mol. The lowest BCUT2D eigenvalue weighted by molar-refractivity contribution is 0.0467. The second-order valence-electron chi connectivity index (χ2n) is 5.95. The molecule has 0 aliphatic carbocycles. The summed E-state index contributed by atoms with van der Waals surface area (Å²) in [6.07, 6.45) is 3.81. The van der Waals surface area contributed by atoms with Crippen LogP contribution >= 0.6 is 0 Å². The minimum Gasteiger partial charge on any atom is -0.381 e. The normalized spacial score (nSPS) is 15.5. The lowest BCUT2D eigenvalue weighted by Gasteiger charge is -2.29. The van der Waals surface area contributed by atoms with E-state index in [0.29, 0.717) is 5.92 Å². The Labute approximate surface area is 136 Å². The van der Waals surface area contributed by atoms with Crippen LogP contribution in [0.2, 0.25) is 0 Å². The molecule has 0 unspecified atom stereocenters. The smallest absolute Gasteiger partial charge is 0.253 e. The van der Waals surface area contributed by atoms with E-state index in [4.69, 9.17) is 4.74 Å². The summed E-state index contributed by atoms with van der Waals surface area (Å²) in [5.41, 5.74) is 2.73. The van der Waals surface area contributed by atoms with Crippen molar-refractivity contribution in [3.05, 3.63) is 42.1 Å². The maximum atomic E-state index is 12.7. The van der Waals surface area contributed by atoms with Gasteiger partial charge in [0.2, 0.25) is 0 Å². The molecule has 2 heterocycles. The molecule has 3 rings (SSSR count). The van der Waals surface area contributed by atoms with E-state index < -0.39 is 0 Å². The number of aromatic nitrogens is 2. The number of aromatic amines is 1. The van der Waals surface area contributed by atoms with Gasteiger partial charge in [-0.3, -0.25) is 9.89 Å². The van der Waals surface area contributed by atoms with Crippen molar-refractivity contribution < 1.29 is 9.53 Å². The second-order valence-corrected chi connectivity index (χ2v) is 5.95. The Balaban J connectivity index is 1.67. The number of nitrogens with zero attached hydrogens (tertiary/aromatic N) is 2. The van der Waals surface area contributed by atoms with Crippen LogP contribution < -0.4 is 0 Å². The van der Waals surface area contributed by atoms with Crippen molar-refractivity contribution in [2.75, 3.05) is 26.3 Å². The number of rotatable bonds is 5. The molecule has 122 valence electrons. The topological polar surface area (TPSA) is 58.2 Å². The van der Waals surface area contributed by atoms with Crippen molar-refractivity contribution in [3.8, 4) is 11.3 Å². The molecular weight excluding hydrogens is 290 g/mol. The van der Waals surface area contributed by atoms with Gasteiger partial charge >= 0.3 is 0 Å². The van der Waals surface area contributed by atoms with E-state index in [-0.39, 0.29) is 5.91 Å². The third kappa shape index (κ3) is 3.79. The van der Waals surface area contributed by atoms with Gasteiger partial charge in [-0.05, 0) is 49.4 Å². The van der Waals surface area contributed by atoms with Crippen molar-refractivity contribution in [1.29, 1.82) is 0 Å². The third-order valence-corrected chi connectivity index (χ3v) is 4.43. The summed E-state index contributed by atoms with van der Waals surface area (Å²) in [6.45, 7) is 5.22. The summed E-state index contributed by atoms with van der Waals surface area (Å²) in [5, 5.41) is 6.89. The highest BCUT2D eigenvalue weighted by atomic mass is 16.5. The molecule has 5 nitrogen and oxygen atoms in total. The standard InChI is InChI=1S/C18H23N3O2/c1-2-21(13-14-8-11-23-12-9-14)18(22)16-5-3-15(4-6-16)17-7-10-19-20-17/h3-7,10,14H,2,8-9,11-13H2,1H3,(H,19,20). The second kappa shape index (κ2) is 7.42. The summed E-state index contributed by atoms with van der Waals surface area (Å²) in [7, 11) is 0. The molecule has 5 heteroatoms. The Morgan fingerprint density at radius 2 is 2.00 bits per heavy atom. The van der Waals surface area contributed by atoms with Gasteiger partial charge in [-0.2, -0.15) is 5.10 Å². The molecule has 23 heavy (non-hydrogen) atoms. The first kappa shape index (κ1) is 15.7. The molecular formula is C18H23N3O2. The molecule has 0 saturated carbocycles. The van der Waals surface area contributed by atoms with Crippen LogP contribution in [0, 0.1) is 5.92 Å². The molecule has 1 fully saturated rings. The van der Waals surface area contributed by atoms with E-state index in [0.717, 1.165) is 56.0 Å². The van der Waals surface area contributed by atoms with Gasteiger partial charge in [0.05, 0.1) is 5.69 Å². The van der Waals surface area contributed by atoms with E-state index in [9.17, 15) is 4.79 Å². The van der Waals surface area contributed by atoms with Crippen molar-refractivity contribution >= 4 is 5.91 Å². The van der Waals surface area contributed by atoms with Crippen molar-refractivity contribution in [2.24, 2.45) is 5.92 Å². The van der Waals surface area contributed by atoms with Gasteiger partial charge in [0.25, 0.3) is 5.91 Å². The summed E-state index contributed by atoms with van der Waals surface area (Å²) < 4.78 is 5.40. The number of ether oxygens (including phenoxy) is 1. The summed E-state index contributed by atoms with van der Waals surface area (Å²) in [5.74, 6) is 0.659. The van der Waals surface area contributed by atoms with Crippen LogP contribution in [0.5, 0.6) is 0 Å². The first-order chi connectivity index (χ1) is 11.3. The van der Waals surface area contributed by atoms with Crippen LogP contribution in [0.4, 0.5) is 0 Å². The van der Waals surface area contributed by atoms with Gasteiger partial charge in [0.15, 0.2) is 0 Å². The fourth-order valence-electron chi connectivity index (χ4n) is 2.99. The van der Waals surface area contributed by atoms with Crippen LogP contribution in [-0.2, 0) is 4.74 Å². The molecule has 1 aromatic carbocycles. The van der Waals surface area contributed by atoms with E-state index in [2.05, 4.69) is 10.2 Å². The number of amides is 1. The number of carbonyl (C=O) groups excluding carboxylic acids is 1. The largest absolute Gasteiger partial charge is 0.381 e. The van der Waals surface area contributed by atoms with Crippen molar-refractivity contribution in [1.82, 2.24) is 15.1 Å². The van der Waals surface area contributed by atoms with Crippen LogP contribution in [0.3, 0.4) is 0 Å². The van der Waals surface area contributed by atoms with Gasteiger partial charge < -0.3 is 9.64 Å². The molecule has 0 spiro atoms. The van der Waals surface area contributed by atoms with Gasteiger partial charge in [0, 0.05) is 38.1 Å². The fraction of sp³-hybridized carbons (Fsp3) is 0.444. The molecule has 1 N–H and O–H groups in total. The zero-order valence-corrected chi connectivity index (χ0v) is 13.5. The van der Waals surface area contributed by atoms with E-state index >= 15 is 0 Å². The Bertz CT molecular complexity index is 616. The Kier molecular flexibility index (Phi) is 5.08. The number of carbonyl (C=O) groups is 1. The van der Waals surface area contributed by atoms with E-state index in [1.54, 1.807) is 6.20 Å². The number of benzene rings is 1. The van der Waals surface area contributed by atoms with Gasteiger partial charge in [0.1, 0.15) is 0 Å². The van der Waals surface area contributed by atoms with Crippen LogP contribution in [0.1, 0.15) is 30.1 Å². The monoisotopic (exact) mass is 313 g/mol. The first-order valence-electron chi connectivity index (χ1n) is 8.24. The van der Waals surface area contributed by atoms with Gasteiger partial charge in [-0.15, -0.1) is 0 Å². The average molecular weight is 313 g/mol. The minimum atomic E-state index is 0.107. The number of hydrogen-bond acceptors (Lipinski definition) is 3. The van der Waals surface area contributed by atoms with E-state index in [1.807, 2.05) is 42.2 Å². The zero-order chi connectivity index (χ0) is 16.1. The molecule has 1 aromatic heterocycles. The molecule has 0 radical (unpaired) electrons. The van der Waals surface area contributed by atoms with Gasteiger partial charge in [-0.25, -0.2) is 0 Å². The Hall–Kier alpha value is -2.14. The SMILES string of the molecule is CCN(CC1CCOCC1)C(=O)c1ccc(-c2ccn[nH]2)cc1. The molecule has 1 saturated heterocycles. The number of nitrogens with one attached hydrogen (secondary N) is 1. The molecule has 0 atom stereocenters. The Morgan fingerprint density at radius 3 is 2.61 bits per heavy atom. The summed E-state index contributed by atoms with van der Waals surface area (Å²) >= 11 is 0. The highest BCUT2D eigenvalue weighted by molar-refractivity contribution is 5.94. The minimum absolute atomic E-state index is 0.107. The summed E-state index contributed by atoms with van der Waals surface area (Å²) in [6, 6.07) is 9.63. The first-order valence-corrected chi connectivity index (χ1v) is 8.24. The summed E-state index contributed by atoms with van der Waals surface area (Å²) in [4.78, 5) is 14.7. The maximum Gasteiger partial charge on any atom is 0.253 e. The van der Waals surface area contributed by atoms with Crippen LogP contribution in [-0.4, -0.2) is 47.3 Å². The molecule has 0 bridgehead atoms. The fourth-order valence-corrected chi connectivity index (χ4v) is 2.99.